The fourth-order valence-corrected chi connectivity index (χ4v) is 2.91. The van der Waals surface area contributed by atoms with Gasteiger partial charge in [0.15, 0.2) is 0 Å². The molecule has 17 heavy (non-hydrogen) atoms. The van der Waals surface area contributed by atoms with Crippen LogP contribution in [-0.4, -0.2) is 72.9 Å². The summed E-state index contributed by atoms with van der Waals surface area (Å²) < 4.78 is 5.33. The van der Waals surface area contributed by atoms with E-state index in [0.717, 1.165) is 13.0 Å². The zero-order chi connectivity index (χ0) is 12.6. The number of carboxylic acids is 1. The van der Waals surface area contributed by atoms with Gasteiger partial charge in [-0.3, -0.25) is 9.69 Å². The molecular weight excluding hydrogens is 220 g/mol. The molecule has 2 saturated heterocycles. The Kier molecular flexibility index (Phi) is 3.70. The first-order valence-corrected chi connectivity index (χ1v) is 6.23. The lowest BCUT2D eigenvalue weighted by atomic mass is 10.0. The van der Waals surface area contributed by atoms with Gasteiger partial charge in [-0.05, 0) is 27.4 Å². The molecule has 98 valence electrons. The summed E-state index contributed by atoms with van der Waals surface area (Å²) in [7, 11) is 4.16. The molecule has 4 atom stereocenters. The molecule has 0 aliphatic carbocycles. The van der Waals surface area contributed by atoms with Gasteiger partial charge >= 0.3 is 5.97 Å². The Morgan fingerprint density at radius 1 is 1.47 bits per heavy atom. The molecule has 1 N–H and O–H groups in total. The van der Waals surface area contributed by atoms with Crippen molar-refractivity contribution in [3.05, 3.63) is 0 Å². The molecule has 2 rings (SSSR count). The summed E-state index contributed by atoms with van der Waals surface area (Å²) in [6.45, 7) is 4.12. The molecule has 2 aliphatic rings. The molecule has 0 bridgehead atoms. The van der Waals surface area contributed by atoms with Gasteiger partial charge in [-0.15, -0.1) is 0 Å². The van der Waals surface area contributed by atoms with Crippen LogP contribution in [0.25, 0.3) is 0 Å². The average molecular weight is 242 g/mol. The minimum Gasteiger partial charge on any atom is -0.481 e. The van der Waals surface area contributed by atoms with Crippen molar-refractivity contribution in [1.29, 1.82) is 0 Å². The molecule has 2 heterocycles. The zero-order valence-corrected chi connectivity index (χ0v) is 10.8. The van der Waals surface area contributed by atoms with Gasteiger partial charge < -0.3 is 14.7 Å². The second kappa shape index (κ2) is 4.92. The number of nitrogens with zero attached hydrogens (tertiary/aromatic N) is 2. The molecule has 0 aromatic heterocycles. The Morgan fingerprint density at radius 3 is 2.71 bits per heavy atom. The smallest absolute Gasteiger partial charge is 0.310 e. The second-order valence-corrected chi connectivity index (χ2v) is 5.39. The van der Waals surface area contributed by atoms with Crippen molar-refractivity contribution in [2.45, 2.75) is 31.5 Å². The van der Waals surface area contributed by atoms with E-state index >= 15 is 0 Å². The number of carbonyl (C=O) groups is 1. The van der Waals surface area contributed by atoms with Crippen LogP contribution in [0.1, 0.15) is 13.3 Å². The number of ether oxygens (including phenoxy) is 1. The fourth-order valence-electron chi connectivity index (χ4n) is 2.91. The van der Waals surface area contributed by atoms with Gasteiger partial charge in [0, 0.05) is 24.7 Å². The molecule has 5 nitrogen and oxygen atoms in total. The van der Waals surface area contributed by atoms with E-state index in [1.807, 2.05) is 7.05 Å². The lowest BCUT2D eigenvalue weighted by Crippen LogP contribution is -2.47. The largest absolute Gasteiger partial charge is 0.481 e. The highest BCUT2D eigenvalue weighted by molar-refractivity contribution is 5.71. The molecule has 2 aliphatic heterocycles. The lowest BCUT2D eigenvalue weighted by molar-refractivity contribution is -0.143. The van der Waals surface area contributed by atoms with E-state index in [1.165, 1.54) is 0 Å². The van der Waals surface area contributed by atoms with Crippen LogP contribution in [0.2, 0.25) is 0 Å². The van der Waals surface area contributed by atoms with Gasteiger partial charge in [-0.25, -0.2) is 0 Å². The van der Waals surface area contributed by atoms with E-state index < -0.39 is 5.97 Å². The highest BCUT2D eigenvalue weighted by Crippen LogP contribution is 2.26. The zero-order valence-electron chi connectivity index (χ0n) is 10.8. The monoisotopic (exact) mass is 242 g/mol. The van der Waals surface area contributed by atoms with Crippen molar-refractivity contribution in [2.75, 3.05) is 33.9 Å². The molecule has 0 saturated carbocycles. The van der Waals surface area contributed by atoms with Crippen molar-refractivity contribution in [3.63, 3.8) is 0 Å². The predicted molar refractivity (Wildman–Crippen MR) is 64.0 cm³/mol. The summed E-state index contributed by atoms with van der Waals surface area (Å²) in [4.78, 5) is 15.7. The van der Waals surface area contributed by atoms with Gasteiger partial charge in [0.1, 0.15) is 0 Å². The number of hydrogen-bond donors (Lipinski definition) is 1. The number of carboxylic acid groups (broad SMARTS) is 1. The quantitative estimate of drug-likeness (QED) is 0.761. The summed E-state index contributed by atoms with van der Waals surface area (Å²) in [5.41, 5.74) is 0. The lowest BCUT2D eigenvalue weighted by Gasteiger charge is -2.31. The van der Waals surface area contributed by atoms with Crippen molar-refractivity contribution >= 4 is 5.97 Å². The third-order valence-electron chi connectivity index (χ3n) is 4.33. The van der Waals surface area contributed by atoms with Gasteiger partial charge in [0.05, 0.1) is 19.1 Å². The van der Waals surface area contributed by atoms with Gasteiger partial charge in [0.25, 0.3) is 0 Å². The average Bonchev–Trinajstić information content (AvgIpc) is 2.85. The third-order valence-corrected chi connectivity index (χ3v) is 4.33. The summed E-state index contributed by atoms with van der Waals surface area (Å²) >= 11 is 0. The van der Waals surface area contributed by atoms with E-state index in [-0.39, 0.29) is 12.0 Å². The topological polar surface area (TPSA) is 53.0 Å². The van der Waals surface area contributed by atoms with Crippen LogP contribution in [0.4, 0.5) is 0 Å². The maximum Gasteiger partial charge on any atom is 0.310 e. The van der Waals surface area contributed by atoms with E-state index in [1.54, 1.807) is 0 Å². The van der Waals surface area contributed by atoms with Crippen LogP contribution in [0.5, 0.6) is 0 Å². The first-order chi connectivity index (χ1) is 8.00. The first kappa shape index (κ1) is 12.8. The van der Waals surface area contributed by atoms with Gasteiger partial charge in [0.2, 0.25) is 0 Å². The minimum absolute atomic E-state index is 0.0243. The summed E-state index contributed by atoms with van der Waals surface area (Å²) in [5.74, 6) is -1.11. The molecule has 0 amide bonds. The van der Waals surface area contributed by atoms with E-state index in [2.05, 4.69) is 23.8 Å². The number of aliphatic carboxylic acids is 1. The van der Waals surface area contributed by atoms with Gasteiger partial charge in [-0.1, -0.05) is 0 Å². The summed E-state index contributed by atoms with van der Waals surface area (Å²) in [6, 6.07) is 1.05. The van der Waals surface area contributed by atoms with Crippen molar-refractivity contribution in [2.24, 2.45) is 5.92 Å². The van der Waals surface area contributed by atoms with Crippen molar-refractivity contribution < 1.29 is 14.6 Å². The Bertz CT molecular complexity index is 287. The molecule has 0 radical (unpaired) electrons. The Morgan fingerprint density at radius 2 is 2.18 bits per heavy atom. The van der Waals surface area contributed by atoms with Crippen LogP contribution in [0.15, 0.2) is 0 Å². The minimum atomic E-state index is -0.737. The van der Waals surface area contributed by atoms with Crippen LogP contribution < -0.4 is 0 Å². The van der Waals surface area contributed by atoms with Gasteiger partial charge in [-0.2, -0.15) is 0 Å². The number of likely N-dealkylation sites (tertiary alicyclic amines) is 1. The molecule has 0 aromatic carbocycles. The van der Waals surface area contributed by atoms with E-state index in [4.69, 9.17) is 9.84 Å². The SMILES string of the molecule is CC1CC(N(C)C2COCC2C(=O)O)CN1C. The maximum absolute atomic E-state index is 11.1. The van der Waals surface area contributed by atoms with Crippen LogP contribution in [0, 0.1) is 5.92 Å². The van der Waals surface area contributed by atoms with Crippen molar-refractivity contribution in [1.82, 2.24) is 9.80 Å². The van der Waals surface area contributed by atoms with Crippen LogP contribution in [0.3, 0.4) is 0 Å². The third kappa shape index (κ3) is 2.46. The maximum atomic E-state index is 11.1. The number of rotatable bonds is 3. The Hall–Kier alpha value is -0.650. The molecular formula is C12H22N2O3. The highest BCUT2D eigenvalue weighted by Gasteiger charge is 2.41. The number of likely N-dealkylation sites (N-methyl/N-ethyl adjacent to an activating group) is 2. The Balaban J connectivity index is 2.00. The predicted octanol–water partition coefficient (Wildman–Crippen LogP) is 0.110. The van der Waals surface area contributed by atoms with E-state index in [9.17, 15) is 4.79 Å². The molecule has 4 unspecified atom stereocenters. The summed E-state index contributed by atoms with van der Waals surface area (Å²) in [6.07, 6.45) is 1.11. The van der Waals surface area contributed by atoms with Crippen LogP contribution in [-0.2, 0) is 9.53 Å². The number of hydrogen-bond acceptors (Lipinski definition) is 4. The normalized spacial score (nSPS) is 39.1. The molecule has 2 fully saturated rings. The molecule has 5 heteroatoms. The van der Waals surface area contributed by atoms with Crippen molar-refractivity contribution in [3.8, 4) is 0 Å². The standard InChI is InChI=1S/C12H22N2O3/c1-8-4-9(5-13(8)2)14(3)11-7-17-6-10(11)12(15)16/h8-11H,4-7H2,1-3H3,(H,15,16). The fraction of sp³-hybridized carbons (Fsp3) is 0.917. The van der Waals surface area contributed by atoms with Crippen LogP contribution >= 0.6 is 0 Å². The highest BCUT2D eigenvalue weighted by atomic mass is 16.5. The summed E-state index contributed by atoms with van der Waals surface area (Å²) in [5, 5.41) is 9.16. The second-order valence-electron chi connectivity index (χ2n) is 5.39. The Labute approximate surface area is 102 Å². The first-order valence-electron chi connectivity index (χ1n) is 6.23. The molecule has 0 aromatic rings. The molecule has 0 spiro atoms. The van der Waals surface area contributed by atoms with E-state index in [0.29, 0.717) is 25.3 Å².